The number of halogens is 4. The van der Waals surface area contributed by atoms with Crippen LogP contribution in [0.4, 0.5) is 22.4 Å². The fourth-order valence-electron chi connectivity index (χ4n) is 3.21. The molecule has 0 spiro atoms. The predicted octanol–water partition coefficient (Wildman–Crippen LogP) is 3.75. The number of aryl methyl sites for hydroxylation is 1. The van der Waals surface area contributed by atoms with Gasteiger partial charge in [-0.15, -0.1) is 0 Å². The van der Waals surface area contributed by atoms with Crippen molar-refractivity contribution in [3.05, 3.63) is 70.8 Å². The van der Waals surface area contributed by atoms with E-state index in [1.54, 1.807) is 6.92 Å². The number of carbonyl (C=O) groups excluding carboxylic acids is 2. The Bertz CT molecular complexity index is 913. The van der Waals surface area contributed by atoms with Crippen LogP contribution in [0.3, 0.4) is 0 Å². The third-order valence-electron chi connectivity index (χ3n) is 5.03. The maximum Gasteiger partial charge on any atom is 0.318 e. The van der Waals surface area contributed by atoms with Gasteiger partial charge in [0.15, 0.2) is 0 Å². The summed E-state index contributed by atoms with van der Waals surface area (Å²) in [7, 11) is 0. The lowest BCUT2D eigenvalue weighted by Gasteiger charge is -2.35. The van der Waals surface area contributed by atoms with Crippen molar-refractivity contribution in [1.29, 1.82) is 0 Å². The molecule has 0 radical (unpaired) electrons. The molecule has 5 nitrogen and oxygen atoms in total. The molecule has 0 saturated carbocycles. The van der Waals surface area contributed by atoms with E-state index in [0.717, 1.165) is 12.1 Å². The van der Waals surface area contributed by atoms with Crippen LogP contribution in [-0.4, -0.2) is 54.3 Å². The van der Waals surface area contributed by atoms with Crippen LogP contribution in [0.2, 0.25) is 0 Å². The molecular weight excluding hydrogens is 402 g/mol. The highest BCUT2D eigenvalue weighted by Crippen LogP contribution is 2.22. The van der Waals surface area contributed by atoms with Gasteiger partial charge < -0.3 is 15.1 Å². The highest BCUT2D eigenvalue weighted by Gasteiger charge is 2.29. The molecule has 160 valence electrons. The lowest BCUT2D eigenvalue weighted by Crippen LogP contribution is -2.54. The van der Waals surface area contributed by atoms with Gasteiger partial charge in [0.2, 0.25) is 0 Å². The number of benzene rings is 2. The molecule has 0 bridgehead atoms. The average Bonchev–Trinajstić information content (AvgIpc) is 2.74. The van der Waals surface area contributed by atoms with E-state index in [0.29, 0.717) is 5.56 Å². The molecule has 0 unspecified atom stereocenters. The third-order valence-corrected chi connectivity index (χ3v) is 5.03. The van der Waals surface area contributed by atoms with Gasteiger partial charge in [-0.1, -0.05) is 18.2 Å². The van der Waals surface area contributed by atoms with Crippen LogP contribution in [0.5, 0.6) is 0 Å². The molecule has 2 aromatic carbocycles. The minimum atomic E-state index is -2.88. The molecule has 1 N–H and O–H groups in total. The van der Waals surface area contributed by atoms with Gasteiger partial charge >= 0.3 is 6.03 Å². The molecule has 30 heavy (non-hydrogen) atoms. The Morgan fingerprint density at radius 1 is 0.933 bits per heavy atom. The second-order valence-electron chi connectivity index (χ2n) is 7.06. The van der Waals surface area contributed by atoms with Crippen LogP contribution in [0.15, 0.2) is 42.5 Å². The number of rotatable bonds is 4. The van der Waals surface area contributed by atoms with E-state index in [1.807, 2.05) is 0 Å². The number of piperazine rings is 1. The summed E-state index contributed by atoms with van der Waals surface area (Å²) >= 11 is 0. The summed E-state index contributed by atoms with van der Waals surface area (Å²) in [4.78, 5) is 27.8. The monoisotopic (exact) mass is 423 g/mol. The predicted molar refractivity (Wildman–Crippen MR) is 102 cm³/mol. The van der Waals surface area contributed by atoms with Crippen LogP contribution in [0.25, 0.3) is 0 Å². The summed E-state index contributed by atoms with van der Waals surface area (Å²) in [6.45, 7) is 2.27. The van der Waals surface area contributed by atoms with E-state index in [9.17, 15) is 27.2 Å². The van der Waals surface area contributed by atoms with Crippen LogP contribution in [0.1, 0.15) is 27.5 Å². The van der Waals surface area contributed by atoms with E-state index in [2.05, 4.69) is 5.32 Å². The zero-order chi connectivity index (χ0) is 21.8. The molecule has 3 amide bonds. The molecule has 0 aromatic heterocycles. The fourth-order valence-corrected chi connectivity index (χ4v) is 3.21. The van der Waals surface area contributed by atoms with E-state index in [4.69, 9.17) is 0 Å². The molecule has 3 rings (SSSR count). The molecule has 1 fully saturated rings. The number of hydrogen-bond acceptors (Lipinski definition) is 2. The van der Waals surface area contributed by atoms with Gasteiger partial charge in [0, 0.05) is 31.7 Å². The fraction of sp³-hybridized carbons (Fsp3) is 0.333. The summed E-state index contributed by atoms with van der Waals surface area (Å²) in [5.41, 5.74) is 0.739. The molecule has 0 aliphatic carbocycles. The maximum atomic E-state index is 13.7. The lowest BCUT2D eigenvalue weighted by molar-refractivity contribution is 0.0646. The molecule has 1 heterocycles. The Balaban J connectivity index is 1.59. The number of carbonyl (C=O) groups is 2. The number of hydrogen-bond donors (Lipinski definition) is 1. The first-order chi connectivity index (χ1) is 14.3. The Morgan fingerprint density at radius 3 is 2.10 bits per heavy atom. The van der Waals surface area contributed by atoms with Gasteiger partial charge in [-0.05, 0) is 42.3 Å². The molecule has 9 heteroatoms. The van der Waals surface area contributed by atoms with Gasteiger partial charge in [-0.3, -0.25) is 4.79 Å². The Labute approximate surface area is 171 Å². The van der Waals surface area contributed by atoms with E-state index >= 15 is 0 Å². The molecule has 1 saturated heterocycles. The van der Waals surface area contributed by atoms with Crippen molar-refractivity contribution in [1.82, 2.24) is 15.1 Å². The Hall–Kier alpha value is -3.10. The van der Waals surface area contributed by atoms with Crippen molar-refractivity contribution >= 4 is 11.9 Å². The quantitative estimate of drug-likeness (QED) is 0.762. The molecular formula is C21H21F4N3O2. The zero-order valence-electron chi connectivity index (χ0n) is 16.2. The lowest BCUT2D eigenvalue weighted by atomic mass is 10.1. The van der Waals surface area contributed by atoms with Gasteiger partial charge in [0.25, 0.3) is 12.3 Å². The standard InChI is InChI=1S/C21H21F4N3O2/c1-13-2-3-15(12-17(13)23)20(29)27-8-10-28(11-9-27)21(30)26-18(19(24)25)14-4-6-16(22)7-5-14/h2-7,12,18-19H,8-11H2,1H3,(H,26,30)/t18-/m0/s1. The smallest absolute Gasteiger partial charge is 0.318 e. The van der Waals surface area contributed by atoms with E-state index in [1.165, 1.54) is 40.1 Å². The second-order valence-corrected chi connectivity index (χ2v) is 7.06. The average molecular weight is 423 g/mol. The second kappa shape index (κ2) is 9.15. The largest absolute Gasteiger partial charge is 0.335 e. The Kier molecular flexibility index (Phi) is 6.59. The first-order valence-electron chi connectivity index (χ1n) is 9.40. The zero-order valence-corrected chi connectivity index (χ0v) is 16.2. The number of nitrogens with one attached hydrogen (secondary N) is 1. The maximum absolute atomic E-state index is 13.7. The topological polar surface area (TPSA) is 52.7 Å². The van der Waals surface area contributed by atoms with Crippen molar-refractivity contribution < 1.29 is 27.2 Å². The number of amides is 3. The summed E-state index contributed by atoms with van der Waals surface area (Å²) in [6.07, 6.45) is -2.88. The number of alkyl halides is 2. The van der Waals surface area contributed by atoms with Gasteiger partial charge in [0.1, 0.15) is 17.7 Å². The van der Waals surface area contributed by atoms with Crippen molar-refractivity contribution in [2.45, 2.75) is 19.4 Å². The molecule has 1 atom stereocenters. The van der Waals surface area contributed by atoms with Crippen molar-refractivity contribution in [3.63, 3.8) is 0 Å². The highest BCUT2D eigenvalue weighted by molar-refractivity contribution is 5.94. The van der Waals surface area contributed by atoms with Crippen molar-refractivity contribution in [2.24, 2.45) is 0 Å². The minimum Gasteiger partial charge on any atom is -0.335 e. The van der Waals surface area contributed by atoms with Crippen LogP contribution < -0.4 is 5.32 Å². The normalized spacial score (nSPS) is 15.3. The van der Waals surface area contributed by atoms with Gasteiger partial charge in [-0.2, -0.15) is 0 Å². The molecule has 1 aliphatic heterocycles. The van der Waals surface area contributed by atoms with Crippen LogP contribution in [-0.2, 0) is 0 Å². The first kappa shape index (κ1) is 21.6. The summed E-state index contributed by atoms with van der Waals surface area (Å²) in [6, 6.07) is 6.46. The Morgan fingerprint density at radius 2 is 1.53 bits per heavy atom. The van der Waals surface area contributed by atoms with Gasteiger partial charge in [-0.25, -0.2) is 22.4 Å². The SMILES string of the molecule is Cc1ccc(C(=O)N2CCN(C(=O)N[C@@H](c3ccc(F)cc3)C(F)F)CC2)cc1F. The summed E-state index contributed by atoms with van der Waals surface area (Å²) in [5, 5.41) is 2.27. The summed E-state index contributed by atoms with van der Waals surface area (Å²) < 4.78 is 53.6. The minimum absolute atomic E-state index is 0.0926. The van der Waals surface area contributed by atoms with Crippen LogP contribution >= 0.6 is 0 Å². The number of nitrogens with zero attached hydrogens (tertiary/aromatic N) is 2. The van der Waals surface area contributed by atoms with Crippen LogP contribution in [0, 0.1) is 18.6 Å². The highest BCUT2D eigenvalue weighted by atomic mass is 19.3. The van der Waals surface area contributed by atoms with Crippen molar-refractivity contribution in [3.8, 4) is 0 Å². The molecule has 1 aliphatic rings. The molecule has 2 aromatic rings. The first-order valence-corrected chi connectivity index (χ1v) is 9.40. The number of urea groups is 1. The van der Waals surface area contributed by atoms with Gasteiger partial charge in [0.05, 0.1) is 0 Å². The van der Waals surface area contributed by atoms with E-state index in [-0.39, 0.29) is 43.2 Å². The third kappa shape index (κ3) is 4.90. The van der Waals surface area contributed by atoms with Crippen molar-refractivity contribution in [2.75, 3.05) is 26.2 Å². The van der Waals surface area contributed by atoms with E-state index < -0.39 is 30.1 Å². The summed E-state index contributed by atoms with van der Waals surface area (Å²) in [5.74, 6) is -1.39.